The topological polar surface area (TPSA) is 46.3 Å². The molecule has 1 amide bonds. The van der Waals surface area contributed by atoms with E-state index in [1.165, 1.54) is 0 Å². The van der Waals surface area contributed by atoms with E-state index in [4.69, 9.17) is 5.73 Å². The van der Waals surface area contributed by atoms with E-state index < -0.39 is 0 Å². The van der Waals surface area contributed by atoms with Gasteiger partial charge < -0.3 is 10.6 Å². The molecule has 0 aromatic rings. The molecule has 12 heavy (non-hydrogen) atoms. The summed E-state index contributed by atoms with van der Waals surface area (Å²) in [6.45, 7) is 3.48. The van der Waals surface area contributed by atoms with E-state index >= 15 is 0 Å². The summed E-state index contributed by atoms with van der Waals surface area (Å²) in [5.74, 6) is 1.78. The molecule has 2 N–H and O–H groups in total. The van der Waals surface area contributed by atoms with Crippen molar-refractivity contribution in [2.24, 2.45) is 5.73 Å². The fraction of sp³-hybridized carbons (Fsp3) is 0.875. The van der Waals surface area contributed by atoms with Crippen molar-refractivity contribution >= 4 is 17.7 Å². The second-order valence-electron chi connectivity index (χ2n) is 2.60. The third-order valence-electron chi connectivity index (χ3n) is 1.62. The molecule has 0 aliphatic heterocycles. The molecule has 0 heterocycles. The Kier molecular flexibility index (Phi) is 7.29. The van der Waals surface area contributed by atoms with Crippen LogP contribution < -0.4 is 5.73 Å². The van der Waals surface area contributed by atoms with Gasteiger partial charge in [0.05, 0.1) is 5.75 Å². The van der Waals surface area contributed by atoms with Gasteiger partial charge in [-0.1, -0.05) is 0 Å². The van der Waals surface area contributed by atoms with Crippen molar-refractivity contribution in [2.75, 3.05) is 31.6 Å². The molecule has 4 heteroatoms. The van der Waals surface area contributed by atoms with E-state index in [1.807, 2.05) is 14.0 Å². The number of nitrogens with two attached hydrogens (primary N) is 1. The molecule has 0 bridgehead atoms. The highest BCUT2D eigenvalue weighted by atomic mass is 32.2. The highest BCUT2D eigenvalue weighted by Crippen LogP contribution is 2.02. The molecule has 0 aliphatic carbocycles. The van der Waals surface area contributed by atoms with Gasteiger partial charge in [0.1, 0.15) is 0 Å². The first-order chi connectivity index (χ1) is 5.72. The van der Waals surface area contributed by atoms with Crippen molar-refractivity contribution < 1.29 is 4.79 Å². The van der Waals surface area contributed by atoms with E-state index in [1.54, 1.807) is 16.7 Å². The normalized spacial score (nSPS) is 9.92. The number of nitrogens with zero attached hydrogens (tertiary/aromatic N) is 1. The summed E-state index contributed by atoms with van der Waals surface area (Å²) in [6, 6.07) is 0. The van der Waals surface area contributed by atoms with E-state index in [9.17, 15) is 4.79 Å². The molecule has 0 aliphatic rings. The van der Waals surface area contributed by atoms with Gasteiger partial charge in [-0.25, -0.2) is 0 Å². The van der Waals surface area contributed by atoms with Gasteiger partial charge in [-0.2, -0.15) is 11.8 Å². The Hall–Kier alpha value is -0.220. The zero-order valence-corrected chi connectivity index (χ0v) is 8.69. The standard InChI is InChI=1S/C8H18N2OS/c1-3-10(2)8(11)7-12-6-4-5-9/h3-7,9H2,1-2H3. The number of carbonyl (C=O) groups excluding carboxylic acids is 1. The smallest absolute Gasteiger partial charge is 0.232 e. The monoisotopic (exact) mass is 190 g/mol. The fourth-order valence-corrected chi connectivity index (χ4v) is 1.54. The summed E-state index contributed by atoms with van der Waals surface area (Å²) in [5.41, 5.74) is 5.32. The van der Waals surface area contributed by atoms with Gasteiger partial charge in [0, 0.05) is 13.6 Å². The molecule has 0 atom stereocenters. The van der Waals surface area contributed by atoms with E-state index in [0.29, 0.717) is 12.3 Å². The average molecular weight is 190 g/mol. The first-order valence-corrected chi connectivity index (χ1v) is 5.39. The Morgan fingerprint density at radius 1 is 1.58 bits per heavy atom. The van der Waals surface area contributed by atoms with E-state index in [2.05, 4.69) is 0 Å². The number of amides is 1. The molecule has 0 rings (SSSR count). The number of hydrogen-bond acceptors (Lipinski definition) is 3. The Morgan fingerprint density at radius 3 is 2.75 bits per heavy atom. The maximum atomic E-state index is 11.2. The fourth-order valence-electron chi connectivity index (χ4n) is 0.631. The maximum absolute atomic E-state index is 11.2. The molecule has 0 aromatic heterocycles. The summed E-state index contributed by atoms with van der Waals surface area (Å²) in [6.07, 6.45) is 0.994. The quantitative estimate of drug-likeness (QED) is 0.622. The van der Waals surface area contributed by atoms with Gasteiger partial charge >= 0.3 is 0 Å². The van der Waals surface area contributed by atoms with Crippen LogP contribution >= 0.6 is 11.8 Å². The van der Waals surface area contributed by atoms with Crippen LogP contribution in [0.2, 0.25) is 0 Å². The van der Waals surface area contributed by atoms with Gasteiger partial charge in [-0.05, 0) is 25.6 Å². The first-order valence-electron chi connectivity index (χ1n) is 4.24. The van der Waals surface area contributed by atoms with Crippen molar-refractivity contribution in [3.8, 4) is 0 Å². The predicted octanol–water partition coefficient (Wildman–Crippen LogP) is 0.547. The van der Waals surface area contributed by atoms with Crippen LogP contribution in [0, 0.1) is 0 Å². The van der Waals surface area contributed by atoms with Gasteiger partial charge in [-0.15, -0.1) is 0 Å². The van der Waals surface area contributed by atoms with Gasteiger partial charge in [0.25, 0.3) is 0 Å². The minimum Gasteiger partial charge on any atom is -0.345 e. The number of rotatable bonds is 6. The van der Waals surface area contributed by atoms with E-state index in [0.717, 1.165) is 18.7 Å². The molecular weight excluding hydrogens is 172 g/mol. The number of carbonyl (C=O) groups is 1. The van der Waals surface area contributed by atoms with Crippen LogP contribution in [0.3, 0.4) is 0 Å². The minimum atomic E-state index is 0.208. The highest BCUT2D eigenvalue weighted by molar-refractivity contribution is 7.99. The number of hydrogen-bond donors (Lipinski definition) is 1. The van der Waals surface area contributed by atoms with Crippen LogP contribution in [0.15, 0.2) is 0 Å². The van der Waals surface area contributed by atoms with Crippen LogP contribution in [0.1, 0.15) is 13.3 Å². The lowest BCUT2D eigenvalue weighted by molar-refractivity contribution is -0.126. The van der Waals surface area contributed by atoms with E-state index in [-0.39, 0.29) is 5.91 Å². The molecule has 0 saturated carbocycles. The summed E-state index contributed by atoms with van der Waals surface area (Å²) in [7, 11) is 1.83. The van der Waals surface area contributed by atoms with Crippen LogP contribution in [-0.4, -0.2) is 42.4 Å². The molecule has 0 spiro atoms. The first kappa shape index (κ1) is 11.8. The second-order valence-corrected chi connectivity index (χ2v) is 3.71. The largest absolute Gasteiger partial charge is 0.345 e. The lowest BCUT2D eigenvalue weighted by Crippen LogP contribution is -2.27. The molecule has 0 unspecified atom stereocenters. The van der Waals surface area contributed by atoms with Gasteiger partial charge in [-0.3, -0.25) is 4.79 Å². The van der Waals surface area contributed by atoms with Crippen LogP contribution in [0.25, 0.3) is 0 Å². The van der Waals surface area contributed by atoms with Gasteiger partial charge in [0.15, 0.2) is 0 Å². The number of thioether (sulfide) groups is 1. The van der Waals surface area contributed by atoms with Crippen LogP contribution in [-0.2, 0) is 4.79 Å². The Labute approximate surface area is 78.7 Å². The molecule has 0 saturated heterocycles. The molecule has 3 nitrogen and oxygen atoms in total. The third-order valence-corrected chi connectivity index (χ3v) is 2.65. The molecular formula is C8H18N2OS. The molecule has 0 radical (unpaired) electrons. The zero-order valence-electron chi connectivity index (χ0n) is 7.88. The highest BCUT2D eigenvalue weighted by Gasteiger charge is 2.04. The lowest BCUT2D eigenvalue weighted by Gasteiger charge is -2.13. The van der Waals surface area contributed by atoms with Crippen molar-refractivity contribution in [1.82, 2.24) is 4.90 Å². The third kappa shape index (κ3) is 5.43. The second kappa shape index (κ2) is 7.43. The summed E-state index contributed by atoms with van der Waals surface area (Å²) in [4.78, 5) is 12.9. The minimum absolute atomic E-state index is 0.208. The predicted molar refractivity (Wildman–Crippen MR) is 54.3 cm³/mol. The summed E-state index contributed by atoms with van der Waals surface area (Å²) in [5, 5.41) is 0. The Morgan fingerprint density at radius 2 is 2.25 bits per heavy atom. The van der Waals surface area contributed by atoms with Crippen LogP contribution in [0.5, 0.6) is 0 Å². The maximum Gasteiger partial charge on any atom is 0.232 e. The van der Waals surface area contributed by atoms with Crippen molar-refractivity contribution in [3.63, 3.8) is 0 Å². The zero-order chi connectivity index (χ0) is 9.40. The molecule has 0 fully saturated rings. The molecule has 0 aromatic carbocycles. The Balaban J connectivity index is 3.31. The van der Waals surface area contributed by atoms with Crippen molar-refractivity contribution in [2.45, 2.75) is 13.3 Å². The lowest BCUT2D eigenvalue weighted by atomic mass is 10.5. The van der Waals surface area contributed by atoms with Crippen molar-refractivity contribution in [1.29, 1.82) is 0 Å². The average Bonchev–Trinajstić information content (AvgIpc) is 2.10. The molecule has 72 valence electrons. The van der Waals surface area contributed by atoms with Gasteiger partial charge in [0.2, 0.25) is 5.91 Å². The summed E-state index contributed by atoms with van der Waals surface area (Å²) >= 11 is 1.66. The SMILES string of the molecule is CCN(C)C(=O)CSCCCN. The van der Waals surface area contributed by atoms with Crippen molar-refractivity contribution in [3.05, 3.63) is 0 Å². The summed E-state index contributed by atoms with van der Waals surface area (Å²) < 4.78 is 0. The Bertz CT molecular complexity index is 130. The van der Waals surface area contributed by atoms with Crippen LogP contribution in [0.4, 0.5) is 0 Å².